The summed E-state index contributed by atoms with van der Waals surface area (Å²) in [5, 5.41) is 9.42. The molecule has 4 nitrogen and oxygen atoms in total. The lowest BCUT2D eigenvalue weighted by Crippen LogP contribution is -2.46. The smallest absolute Gasteiger partial charge is 0.410 e. The number of carboxylic acid groups (broad SMARTS) is 1. The second-order valence-electron chi connectivity index (χ2n) is 6.50. The van der Waals surface area contributed by atoms with Gasteiger partial charge in [-0.3, -0.25) is 4.90 Å². The van der Waals surface area contributed by atoms with Gasteiger partial charge in [0.25, 0.3) is 0 Å². The van der Waals surface area contributed by atoms with E-state index in [2.05, 4.69) is 52.9 Å². The van der Waals surface area contributed by atoms with E-state index in [4.69, 9.17) is 4.74 Å². The molecular weight excluding hydrogens is 393 g/mol. The summed E-state index contributed by atoms with van der Waals surface area (Å²) in [5.74, 6) is 0. The van der Waals surface area contributed by atoms with E-state index in [9.17, 15) is 9.90 Å². The first kappa shape index (κ1) is 15.8. The molecule has 3 rings (SSSR count). The molecule has 1 heterocycles. The number of benzene rings is 1. The zero-order valence-corrected chi connectivity index (χ0v) is 14.9. The van der Waals surface area contributed by atoms with Gasteiger partial charge >= 0.3 is 6.09 Å². The molecule has 1 atom stereocenters. The Bertz CT molecular complexity index is 605. The number of rotatable bonds is 3. The van der Waals surface area contributed by atoms with Crippen LogP contribution < -0.4 is 0 Å². The van der Waals surface area contributed by atoms with Gasteiger partial charge < -0.3 is 9.84 Å². The van der Waals surface area contributed by atoms with Crippen molar-refractivity contribution in [2.24, 2.45) is 0 Å². The fourth-order valence-electron chi connectivity index (χ4n) is 3.11. The van der Waals surface area contributed by atoms with Crippen molar-refractivity contribution < 1.29 is 14.6 Å². The van der Waals surface area contributed by atoms with Gasteiger partial charge in [-0.1, -0.05) is 24.3 Å². The number of allylic oxidation sites excluding steroid dienone is 1. The van der Waals surface area contributed by atoms with Crippen molar-refractivity contribution in [3.63, 3.8) is 0 Å². The monoisotopic (exact) mass is 413 g/mol. The molecule has 1 N–H and O–H groups in total. The number of carbonyl (C=O) groups is 1. The van der Waals surface area contributed by atoms with Gasteiger partial charge in [-0.25, -0.2) is 4.79 Å². The van der Waals surface area contributed by atoms with Crippen LogP contribution in [0.4, 0.5) is 4.79 Å². The van der Waals surface area contributed by atoms with E-state index in [1.165, 1.54) is 14.0 Å². The highest BCUT2D eigenvalue weighted by Gasteiger charge is 2.45. The molecular formula is C17H20INO3. The van der Waals surface area contributed by atoms with Crippen molar-refractivity contribution in [1.29, 1.82) is 0 Å². The van der Waals surface area contributed by atoms with Gasteiger partial charge in [-0.05, 0) is 67.0 Å². The van der Waals surface area contributed by atoms with Gasteiger partial charge in [-0.2, -0.15) is 0 Å². The van der Waals surface area contributed by atoms with E-state index in [0.29, 0.717) is 6.61 Å². The maximum Gasteiger partial charge on any atom is 0.410 e. The van der Waals surface area contributed by atoms with Gasteiger partial charge in [0.1, 0.15) is 5.72 Å². The molecule has 2 fully saturated rings. The molecule has 1 aromatic rings. The highest BCUT2D eigenvalue weighted by atomic mass is 127. The lowest BCUT2D eigenvalue weighted by molar-refractivity contribution is -0.0409. The summed E-state index contributed by atoms with van der Waals surface area (Å²) in [5.41, 5.74) is 0.631. The quantitative estimate of drug-likeness (QED) is 0.602. The van der Waals surface area contributed by atoms with Crippen LogP contribution in [0.25, 0.3) is 0 Å². The Morgan fingerprint density at radius 2 is 2.00 bits per heavy atom. The first-order valence-corrected chi connectivity index (χ1v) is 8.54. The third kappa shape index (κ3) is 2.88. The fourth-order valence-corrected chi connectivity index (χ4v) is 3.47. The van der Waals surface area contributed by atoms with Crippen LogP contribution in [-0.2, 0) is 10.2 Å². The summed E-state index contributed by atoms with van der Waals surface area (Å²) in [6.07, 6.45) is 5.49. The third-order valence-electron chi connectivity index (χ3n) is 4.57. The Kier molecular flexibility index (Phi) is 3.97. The summed E-state index contributed by atoms with van der Waals surface area (Å²) in [4.78, 5) is 12.9. The molecule has 2 aliphatic rings. The zero-order valence-electron chi connectivity index (χ0n) is 12.8. The predicted octanol–water partition coefficient (Wildman–Crippen LogP) is 3.99. The van der Waals surface area contributed by atoms with Crippen LogP contribution in [0.2, 0.25) is 0 Å². The van der Waals surface area contributed by atoms with Crippen LogP contribution in [-0.4, -0.2) is 34.5 Å². The Labute approximate surface area is 144 Å². The third-order valence-corrected chi connectivity index (χ3v) is 5.29. The molecule has 5 heteroatoms. The van der Waals surface area contributed by atoms with Crippen LogP contribution in [0.5, 0.6) is 0 Å². The summed E-state index contributed by atoms with van der Waals surface area (Å²) in [6, 6.07) is 8.37. The van der Waals surface area contributed by atoms with Crippen molar-refractivity contribution in [2.75, 3.05) is 6.61 Å². The molecule has 1 amide bonds. The number of nitrogens with zero attached hydrogens (tertiary/aromatic N) is 1. The topological polar surface area (TPSA) is 49.8 Å². The lowest BCUT2D eigenvalue weighted by atomic mass is 9.95. The van der Waals surface area contributed by atoms with E-state index >= 15 is 0 Å². The van der Waals surface area contributed by atoms with Crippen LogP contribution in [0, 0.1) is 3.57 Å². The minimum absolute atomic E-state index is 0.0846. The Hall–Kier alpha value is -1.08. The van der Waals surface area contributed by atoms with Crippen LogP contribution >= 0.6 is 22.6 Å². The summed E-state index contributed by atoms with van der Waals surface area (Å²) in [7, 11) is 0. The van der Waals surface area contributed by atoms with Gasteiger partial charge in [0.05, 0.1) is 12.6 Å². The number of amides is 1. The molecule has 1 saturated heterocycles. The summed E-state index contributed by atoms with van der Waals surface area (Å²) < 4.78 is 6.85. The average Bonchev–Trinajstić information content (AvgIpc) is 3.16. The van der Waals surface area contributed by atoms with Gasteiger partial charge in [0.2, 0.25) is 0 Å². The molecule has 22 heavy (non-hydrogen) atoms. The molecule has 0 bridgehead atoms. The number of hydrogen-bond donors (Lipinski definition) is 1. The van der Waals surface area contributed by atoms with Gasteiger partial charge in [0.15, 0.2) is 0 Å². The second-order valence-corrected chi connectivity index (χ2v) is 7.75. The van der Waals surface area contributed by atoms with Crippen LogP contribution in [0.15, 0.2) is 36.4 Å². The predicted molar refractivity (Wildman–Crippen MR) is 92.9 cm³/mol. The molecule has 0 radical (unpaired) electrons. The summed E-state index contributed by atoms with van der Waals surface area (Å²) in [6.45, 7) is 4.00. The molecule has 1 aromatic carbocycles. The highest BCUT2D eigenvalue weighted by Crippen LogP contribution is 2.49. The van der Waals surface area contributed by atoms with E-state index in [1.807, 2.05) is 6.08 Å². The molecule has 0 unspecified atom stereocenters. The van der Waals surface area contributed by atoms with Crippen molar-refractivity contribution >= 4 is 28.7 Å². The molecule has 1 saturated carbocycles. The molecule has 0 spiro atoms. The van der Waals surface area contributed by atoms with Crippen molar-refractivity contribution in [1.82, 2.24) is 4.90 Å². The SMILES string of the molecule is CC1(C)OC[C@H](C=CC2(c3ccc(I)cc3)CC2)N1C(=O)O. The Balaban J connectivity index is 1.79. The Morgan fingerprint density at radius 1 is 1.36 bits per heavy atom. The second kappa shape index (κ2) is 5.53. The van der Waals surface area contributed by atoms with E-state index < -0.39 is 11.8 Å². The minimum atomic E-state index is -0.934. The standard InChI is InChI=1S/C17H20INO3/c1-16(2)19(15(20)21)14(11-22-16)7-8-17(9-10-17)12-3-5-13(18)6-4-12/h3-8,14H,9-11H2,1-2H3,(H,20,21)/t14-/m0/s1. The van der Waals surface area contributed by atoms with Crippen molar-refractivity contribution in [3.05, 3.63) is 45.6 Å². The summed E-state index contributed by atoms with van der Waals surface area (Å²) >= 11 is 2.30. The number of ether oxygens (including phenoxy) is 1. The normalized spacial score (nSPS) is 25.6. The van der Waals surface area contributed by atoms with E-state index in [-0.39, 0.29) is 11.5 Å². The molecule has 1 aliphatic carbocycles. The lowest BCUT2D eigenvalue weighted by Gasteiger charge is -2.30. The van der Waals surface area contributed by atoms with Crippen molar-refractivity contribution in [2.45, 2.75) is 43.9 Å². The van der Waals surface area contributed by atoms with Gasteiger partial charge in [0, 0.05) is 8.99 Å². The maximum absolute atomic E-state index is 11.5. The average molecular weight is 413 g/mol. The molecule has 118 valence electrons. The largest absolute Gasteiger partial charge is 0.465 e. The van der Waals surface area contributed by atoms with Crippen LogP contribution in [0.1, 0.15) is 32.3 Å². The fraction of sp³-hybridized carbons (Fsp3) is 0.471. The maximum atomic E-state index is 11.5. The Morgan fingerprint density at radius 3 is 2.55 bits per heavy atom. The molecule has 0 aromatic heterocycles. The molecule has 1 aliphatic heterocycles. The van der Waals surface area contributed by atoms with Crippen LogP contribution in [0.3, 0.4) is 0 Å². The number of halogens is 1. The van der Waals surface area contributed by atoms with Gasteiger partial charge in [-0.15, -0.1) is 0 Å². The number of hydrogen-bond acceptors (Lipinski definition) is 2. The highest BCUT2D eigenvalue weighted by molar-refractivity contribution is 14.1. The zero-order chi connectivity index (χ0) is 16.0. The van der Waals surface area contributed by atoms with E-state index in [0.717, 1.165) is 12.8 Å². The minimum Gasteiger partial charge on any atom is -0.465 e. The van der Waals surface area contributed by atoms with Crippen molar-refractivity contribution in [3.8, 4) is 0 Å². The van der Waals surface area contributed by atoms with E-state index in [1.54, 1.807) is 13.8 Å². The first-order valence-electron chi connectivity index (χ1n) is 7.46. The first-order chi connectivity index (χ1) is 10.3.